The standard InChI is InChI=1S/C15H11NO2S/c17-13(11-6-2-1-3-7-11)10-16-15(18)12-8-4-5-9-14(12)19-16/h1-9H,10H2. The number of Topliss-reactive ketones (excluding diaryl/α,β-unsaturated/α-hetero) is 1. The molecule has 0 amide bonds. The van der Waals surface area contributed by atoms with Crippen LogP contribution in [0.25, 0.3) is 10.1 Å². The largest absolute Gasteiger partial charge is 0.292 e. The van der Waals surface area contributed by atoms with E-state index in [0.29, 0.717) is 10.9 Å². The van der Waals surface area contributed by atoms with E-state index in [4.69, 9.17) is 0 Å². The molecule has 94 valence electrons. The summed E-state index contributed by atoms with van der Waals surface area (Å²) in [6.45, 7) is 0.0994. The number of fused-ring (bicyclic) bond motifs is 1. The Balaban J connectivity index is 1.96. The number of carbonyl (C=O) groups excluding carboxylic acids is 1. The van der Waals surface area contributed by atoms with Crippen molar-refractivity contribution in [2.45, 2.75) is 6.54 Å². The van der Waals surface area contributed by atoms with Gasteiger partial charge in [0.05, 0.1) is 16.6 Å². The van der Waals surface area contributed by atoms with Crippen molar-refractivity contribution in [3.63, 3.8) is 0 Å². The van der Waals surface area contributed by atoms with Gasteiger partial charge in [0.2, 0.25) is 0 Å². The van der Waals surface area contributed by atoms with Crippen LogP contribution in [-0.2, 0) is 6.54 Å². The summed E-state index contributed by atoms with van der Waals surface area (Å²) in [4.78, 5) is 24.2. The number of ketones is 1. The van der Waals surface area contributed by atoms with Crippen molar-refractivity contribution in [2.75, 3.05) is 0 Å². The molecular formula is C15H11NO2S. The highest BCUT2D eigenvalue weighted by Gasteiger charge is 2.11. The molecule has 3 aromatic rings. The predicted molar refractivity (Wildman–Crippen MR) is 76.9 cm³/mol. The number of carbonyl (C=O) groups is 1. The molecule has 0 saturated carbocycles. The summed E-state index contributed by atoms with van der Waals surface area (Å²) in [5.74, 6) is -0.0470. The van der Waals surface area contributed by atoms with Crippen LogP contribution >= 0.6 is 11.5 Å². The van der Waals surface area contributed by atoms with Gasteiger partial charge in [-0.2, -0.15) is 0 Å². The van der Waals surface area contributed by atoms with Crippen LogP contribution in [0, 0.1) is 0 Å². The molecule has 2 aromatic carbocycles. The zero-order valence-corrected chi connectivity index (χ0v) is 10.9. The molecular weight excluding hydrogens is 258 g/mol. The minimum Gasteiger partial charge on any atom is -0.292 e. The van der Waals surface area contributed by atoms with Gasteiger partial charge in [-0.15, -0.1) is 0 Å². The van der Waals surface area contributed by atoms with Crippen LogP contribution in [0.4, 0.5) is 0 Å². The fourth-order valence-corrected chi connectivity index (χ4v) is 2.96. The fourth-order valence-electron chi connectivity index (χ4n) is 1.97. The van der Waals surface area contributed by atoms with Gasteiger partial charge in [-0.25, -0.2) is 0 Å². The van der Waals surface area contributed by atoms with Gasteiger partial charge in [0, 0.05) is 5.56 Å². The first-order valence-electron chi connectivity index (χ1n) is 5.93. The van der Waals surface area contributed by atoms with E-state index in [9.17, 15) is 9.59 Å². The van der Waals surface area contributed by atoms with Crippen molar-refractivity contribution in [1.29, 1.82) is 0 Å². The van der Waals surface area contributed by atoms with Gasteiger partial charge in [0.1, 0.15) is 0 Å². The Labute approximate surface area is 113 Å². The summed E-state index contributed by atoms with van der Waals surface area (Å²) >= 11 is 1.33. The van der Waals surface area contributed by atoms with Gasteiger partial charge < -0.3 is 0 Å². The van der Waals surface area contributed by atoms with E-state index >= 15 is 0 Å². The van der Waals surface area contributed by atoms with Crippen LogP contribution in [0.2, 0.25) is 0 Å². The Kier molecular flexibility index (Phi) is 3.01. The van der Waals surface area contributed by atoms with Gasteiger partial charge in [0.25, 0.3) is 5.56 Å². The fraction of sp³-hybridized carbons (Fsp3) is 0.0667. The Bertz CT molecular complexity index is 787. The Hall–Kier alpha value is -2.20. The molecule has 0 spiro atoms. The molecule has 4 heteroatoms. The molecule has 0 aliphatic carbocycles. The quantitative estimate of drug-likeness (QED) is 0.686. The van der Waals surface area contributed by atoms with E-state index in [1.807, 2.05) is 36.4 Å². The zero-order valence-electron chi connectivity index (χ0n) is 10.1. The van der Waals surface area contributed by atoms with E-state index in [1.165, 1.54) is 15.5 Å². The maximum absolute atomic E-state index is 12.1. The lowest BCUT2D eigenvalue weighted by molar-refractivity contribution is 0.0975. The predicted octanol–water partition coefficient (Wildman–Crippen LogP) is 2.95. The Morgan fingerprint density at radius 1 is 1.00 bits per heavy atom. The molecule has 3 rings (SSSR count). The minimum absolute atomic E-state index is 0.0470. The number of hydrogen-bond donors (Lipinski definition) is 0. The minimum atomic E-state index is -0.0927. The summed E-state index contributed by atoms with van der Waals surface area (Å²) in [7, 11) is 0. The number of nitrogens with zero attached hydrogens (tertiary/aromatic N) is 1. The number of aromatic nitrogens is 1. The Morgan fingerprint density at radius 3 is 2.42 bits per heavy atom. The molecule has 0 bridgehead atoms. The van der Waals surface area contributed by atoms with Crippen LogP contribution in [0.15, 0.2) is 59.4 Å². The number of hydrogen-bond acceptors (Lipinski definition) is 3. The van der Waals surface area contributed by atoms with Crippen molar-refractivity contribution in [3.05, 3.63) is 70.5 Å². The van der Waals surface area contributed by atoms with E-state index in [2.05, 4.69) is 0 Å². The highest BCUT2D eigenvalue weighted by molar-refractivity contribution is 7.13. The Morgan fingerprint density at radius 2 is 1.68 bits per heavy atom. The van der Waals surface area contributed by atoms with Gasteiger partial charge in [-0.05, 0) is 12.1 Å². The summed E-state index contributed by atoms with van der Waals surface area (Å²) < 4.78 is 2.42. The van der Waals surface area contributed by atoms with Crippen LogP contribution in [0.5, 0.6) is 0 Å². The summed E-state index contributed by atoms with van der Waals surface area (Å²) in [6, 6.07) is 16.4. The molecule has 0 unspecified atom stereocenters. The molecule has 0 atom stereocenters. The van der Waals surface area contributed by atoms with Gasteiger partial charge in [-0.1, -0.05) is 54.0 Å². The van der Waals surface area contributed by atoms with Crippen molar-refractivity contribution in [3.8, 4) is 0 Å². The second-order valence-corrected chi connectivity index (χ2v) is 5.28. The van der Waals surface area contributed by atoms with Gasteiger partial charge >= 0.3 is 0 Å². The monoisotopic (exact) mass is 269 g/mol. The molecule has 0 aliphatic rings. The maximum Gasteiger partial charge on any atom is 0.268 e. The SMILES string of the molecule is O=C(Cn1sc2ccccc2c1=O)c1ccccc1. The number of benzene rings is 2. The lowest BCUT2D eigenvalue weighted by Gasteiger charge is -2.00. The number of rotatable bonds is 3. The molecule has 3 nitrogen and oxygen atoms in total. The van der Waals surface area contributed by atoms with E-state index in [-0.39, 0.29) is 17.9 Å². The zero-order chi connectivity index (χ0) is 13.2. The first-order valence-corrected chi connectivity index (χ1v) is 6.70. The average molecular weight is 269 g/mol. The topological polar surface area (TPSA) is 39.1 Å². The van der Waals surface area contributed by atoms with Crippen molar-refractivity contribution in [1.82, 2.24) is 3.96 Å². The van der Waals surface area contributed by atoms with Gasteiger partial charge in [0.15, 0.2) is 5.78 Å². The van der Waals surface area contributed by atoms with E-state index < -0.39 is 0 Å². The summed E-state index contributed by atoms with van der Waals surface area (Å²) in [5.41, 5.74) is 0.539. The van der Waals surface area contributed by atoms with E-state index in [1.54, 1.807) is 18.2 Å². The summed E-state index contributed by atoms with van der Waals surface area (Å²) in [6.07, 6.45) is 0. The van der Waals surface area contributed by atoms with Crippen molar-refractivity contribution in [2.24, 2.45) is 0 Å². The second-order valence-electron chi connectivity index (χ2n) is 4.22. The van der Waals surface area contributed by atoms with Crippen LogP contribution in [0.3, 0.4) is 0 Å². The third kappa shape index (κ3) is 2.22. The molecule has 19 heavy (non-hydrogen) atoms. The summed E-state index contributed by atoms with van der Waals surface area (Å²) in [5, 5.41) is 0.674. The molecule has 1 heterocycles. The van der Waals surface area contributed by atoms with Gasteiger partial charge in [-0.3, -0.25) is 13.5 Å². The highest BCUT2D eigenvalue weighted by Crippen LogP contribution is 2.16. The third-order valence-corrected chi connectivity index (χ3v) is 4.00. The maximum atomic E-state index is 12.1. The van der Waals surface area contributed by atoms with E-state index in [0.717, 1.165) is 4.70 Å². The molecule has 0 fully saturated rings. The average Bonchev–Trinajstić information content (AvgIpc) is 2.77. The van der Waals surface area contributed by atoms with Crippen molar-refractivity contribution >= 4 is 27.4 Å². The molecule has 1 aromatic heterocycles. The lowest BCUT2D eigenvalue weighted by atomic mass is 10.1. The normalized spacial score (nSPS) is 10.7. The first kappa shape index (κ1) is 11.9. The molecule has 0 saturated heterocycles. The molecule has 0 N–H and O–H groups in total. The van der Waals surface area contributed by atoms with Crippen LogP contribution in [0.1, 0.15) is 10.4 Å². The second kappa shape index (κ2) is 4.82. The molecule has 0 aliphatic heterocycles. The molecule has 0 radical (unpaired) electrons. The smallest absolute Gasteiger partial charge is 0.268 e. The first-order chi connectivity index (χ1) is 9.25. The highest BCUT2D eigenvalue weighted by atomic mass is 32.1. The van der Waals surface area contributed by atoms with Crippen molar-refractivity contribution < 1.29 is 4.79 Å². The third-order valence-electron chi connectivity index (χ3n) is 2.94. The van der Waals surface area contributed by atoms with Crippen LogP contribution in [-0.4, -0.2) is 9.74 Å². The van der Waals surface area contributed by atoms with Crippen LogP contribution < -0.4 is 5.56 Å². The lowest BCUT2D eigenvalue weighted by Crippen LogP contribution is -2.18.